The standard InChI is InChI=1S/C25H21N3O4/c1-15-20(13-8-14-21(15)27-23(30)17-9-4-3-5-10-17)26-22(29)16(2)28-24(31)18-11-6-7-12-19(18)25(28)32/h3-14,16H,1-2H3,(H,26,29)(H,27,30). The minimum Gasteiger partial charge on any atom is -0.324 e. The molecule has 3 aromatic rings. The van der Waals surface area contributed by atoms with Crippen LogP contribution in [0.25, 0.3) is 0 Å². The SMILES string of the molecule is Cc1c(NC(=O)c2ccccc2)cccc1NC(=O)C(C)N1C(=O)c2ccccc2C1=O. The molecule has 0 radical (unpaired) electrons. The zero-order valence-electron chi connectivity index (χ0n) is 17.6. The van der Waals surface area contributed by atoms with E-state index in [4.69, 9.17) is 0 Å². The molecule has 1 aliphatic rings. The Kier molecular flexibility index (Phi) is 5.55. The topological polar surface area (TPSA) is 95.6 Å². The van der Waals surface area contributed by atoms with Gasteiger partial charge in [-0.25, -0.2) is 0 Å². The Bertz CT molecular complexity index is 1200. The van der Waals surface area contributed by atoms with Crippen LogP contribution >= 0.6 is 0 Å². The van der Waals surface area contributed by atoms with Crippen molar-refractivity contribution in [2.75, 3.05) is 10.6 Å². The van der Waals surface area contributed by atoms with Crippen molar-refractivity contribution in [2.24, 2.45) is 0 Å². The van der Waals surface area contributed by atoms with Gasteiger partial charge in [-0.1, -0.05) is 36.4 Å². The lowest BCUT2D eigenvalue weighted by atomic mass is 10.1. The number of carbonyl (C=O) groups is 4. The minimum absolute atomic E-state index is 0.267. The Labute approximate surface area is 185 Å². The third-order valence-electron chi connectivity index (χ3n) is 5.47. The van der Waals surface area contributed by atoms with E-state index in [1.807, 2.05) is 6.07 Å². The fourth-order valence-corrected chi connectivity index (χ4v) is 3.60. The van der Waals surface area contributed by atoms with Crippen LogP contribution in [0.3, 0.4) is 0 Å². The third kappa shape index (κ3) is 3.76. The second kappa shape index (κ2) is 8.47. The highest BCUT2D eigenvalue weighted by Crippen LogP contribution is 2.27. The summed E-state index contributed by atoms with van der Waals surface area (Å²) in [6, 6.07) is 19.4. The lowest BCUT2D eigenvalue weighted by Crippen LogP contribution is -2.45. The molecule has 0 fully saturated rings. The van der Waals surface area contributed by atoms with Crippen LogP contribution in [0.4, 0.5) is 11.4 Å². The molecule has 0 aliphatic carbocycles. The summed E-state index contributed by atoms with van der Waals surface area (Å²) >= 11 is 0. The van der Waals surface area contributed by atoms with E-state index in [0.29, 0.717) is 33.6 Å². The normalized spacial score (nSPS) is 13.5. The number of hydrogen-bond acceptors (Lipinski definition) is 4. The highest BCUT2D eigenvalue weighted by atomic mass is 16.2. The van der Waals surface area contributed by atoms with Gasteiger partial charge in [-0.2, -0.15) is 0 Å². The van der Waals surface area contributed by atoms with Crippen LogP contribution in [0.2, 0.25) is 0 Å². The molecule has 160 valence electrons. The largest absolute Gasteiger partial charge is 0.324 e. The fourth-order valence-electron chi connectivity index (χ4n) is 3.60. The Balaban J connectivity index is 1.50. The van der Waals surface area contributed by atoms with Crippen molar-refractivity contribution < 1.29 is 19.2 Å². The van der Waals surface area contributed by atoms with E-state index in [2.05, 4.69) is 10.6 Å². The van der Waals surface area contributed by atoms with Crippen LogP contribution in [0, 0.1) is 6.92 Å². The lowest BCUT2D eigenvalue weighted by molar-refractivity contribution is -0.119. The number of fused-ring (bicyclic) bond motifs is 1. The van der Waals surface area contributed by atoms with Gasteiger partial charge in [0.1, 0.15) is 6.04 Å². The summed E-state index contributed by atoms with van der Waals surface area (Å²) in [5.41, 5.74) is 2.77. The molecule has 0 saturated carbocycles. The van der Waals surface area contributed by atoms with Gasteiger partial charge < -0.3 is 10.6 Å². The molecule has 0 saturated heterocycles. The highest BCUT2D eigenvalue weighted by Gasteiger charge is 2.40. The van der Waals surface area contributed by atoms with Gasteiger partial charge in [0.2, 0.25) is 5.91 Å². The first-order valence-corrected chi connectivity index (χ1v) is 10.1. The smallest absolute Gasteiger partial charge is 0.262 e. The second-order valence-corrected chi connectivity index (χ2v) is 7.49. The van der Waals surface area contributed by atoms with Gasteiger partial charge in [-0.15, -0.1) is 0 Å². The molecule has 32 heavy (non-hydrogen) atoms. The van der Waals surface area contributed by atoms with E-state index in [9.17, 15) is 19.2 Å². The van der Waals surface area contributed by atoms with E-state index >= 15 is 0 Å². The van der Waals surface area contributed by atoms with Gasteiger partial charge in [0.15, 0.2) is 0 Å². The van der Waals surface area contributed by atoms with Crippen LogP contribution in [-0.2, 0) is 4.79 Å². The summed E-state index contributed by atoms with van der Waals surface area (Å²) in [6.45, 7) is 3.27. The molecule has 0 spiro atoms. The predicted octanol–water partition coefficient (Wildman–Crippen LogP) is 3.87. The molecule has 1 atom stereocenters. The molecule has 4 amide bonds. The summed E-state index contributed by atoms with van der Waals surface area (Å²) in [4.78, 5) is 51.7. The van der Waals surface area contributed by atoms with Crippen LogP contribution in [0.5, 0.6) is 0 Å². The molecule has 7 heteroatoms. The van der Waals surface area contributed by atoms with Crippen molar-refractivity contribution in [3.8, 4) is 0 Å². The van der Waals surface area contributed by atoms with Gasteiger partial charge in [0.05, 0.1) is 11.1 Å². The molecule has 0 bridgehead atoms. The maximum atomic E-state index is 12.9. The predicted molar refractivity (Wildman–Crippen MR) is 121 cm³/mol. The Morgan fingerprint density at radius 2 is 1.28 bits per heavy atom. The van der Waals surface area contributed by atoms with Crippen molar-refractivity contribution in [2.45, 2.75) is 19.9 Å². The van der Waals surface area contributed by atoms with Gasteiger partial charge in [0.25, 0.3) is 17.7 Å². The molecular formula is C25H21N3O4. The molecular weight excluding hydrogens is 406 g/mol. The van der Waals surface area contributed by atoms with E-state index < -0.39 is 23.8 Å². The summed E-state index contributed by atoms with van der Waals surface area (Å²) in [6.07, 6.45) is 0. The third-order valence-corrected chi connectivity index (χ3v) is 5.47. The molecule has 1 aliphatic heterocycles. The van der Waals surface area contributed by atoms with Crippen molar-refractivity contribution in [1.82, 2.24) is 4.90 Å². The fraction of sp³-hybridized carbons (Fsp3) is 0.120. The lowest BCUT2D eigenvalue weighted by Gasteiger charge is -2.22. The van der Waals surface area contributed by atoms with Crippen molar-refractivity contribution >= 4 is 35.0 Å². The summed E-state index contributed by atoms with van der Waals surface area (Å²) < 4.78 is 0. The first kappa shape index (κ1) is 21.0. The molecule has 4 rings (SSSR count). The zero-order valence-corrected chi connectivity index (χ0v) is 17.6. The van der Waals surface area contributed by atoms with Crippen LogP contribution < -0.4 is 10.6 Å². The van der Waals surface area contributed by atoms with Crippen molar-refractivity contribution in [3.63, 3.8) is 0 Å². The Morgan fingerprint density at radius 1 is 0.750 bits per heavy atom. The number of nitrogens with zero attached hydrogens (tertiary/aromatic N) is 1. The second-order valence-electron chi connectivity index (χ2n) is 7.49. The number of anilines is 2. The van der Waals surface area contributed by atoms with Crippen molar-refractivity contribution in [1.29, 1.82) is 0 Å². The van der Waals surface area contributed by atoms with Crippen molar-refractivity contribution in [3.05, 3.63) is 95.1 Å². The van der Waals surface area contributed by atoms with Gasteiger partial charge in [-0.3, -0.25) is 24.1 Å². The number of imide groups is 1. The zero-order chi connectivity index (χ0) is 22.8. The average Bonchev–Trinajstić information content (AvgIpc) is 3.06. The maximum Gasteiger partial charge on any atom is 0.262 e. The molecule has 1 heterocycles. The van der Waals surface area contributed by atoms with Crippen LogP contribution in [0.1, 0.15) is 43.6 Å². The minimum atomic E-state index is -1.01. The number of hydrogen-bond donors (Lipinski definition) is 2. The number of carbonyl (C=O) groups excluding carboxylic acids is 4. The molecule has 7 nitrogen and oxygen atoms in total. The van der Waals surface area contributed by atoms with Gasteiger partial charge in [-0.05, 0) is 55.8 Å². The average molecular weight is 427 g/mol. The molecule has 2 N–H and O–H groups in total. The van der Waals surface area contributed by atoms with Gasteiger partial charge in [0, 0.05) is 16.9 Å². The maximum absolute atomic E-state index is 12.9. The summed E-state index contributed by atoms with van der Waals surface area (Å²) in [5.74, 6) is -1.76. The van der Waals surface area contributed by atoms with E-state index in [0.717, 1.165) is 4.90 Å². The molecule has 3 aromatic carbocycles. The number of nitrogens with one attached hydrogen (secondary N) is 2. The number of benzene rings is 3. The summed E-state index contributed by atoms with van der Waals surface area (Å²) in [7, 11) is 0. The summed E-state index contributed by atoms with van der Waals surface area (Å²) in [5, 5.41) is 5.61. The van der Waals surface area contributed by atoms with E-state index in [-0.39, 0.29) is 5.91 Å². The van der Waals surface area contributed by atoms with E-state index in [1.54, 1.807) is 73.7 Å². The number of amides is 4. The molecule has 1 unspecified atom stereocenters. The monoisotopic (exact) mass is 427 g/mol. The van der Waals surface area contributed by atoms with Gasteiger partial charge >= 0.3 is 0 Å². The highest BCUT2D eigenvalue weighted by molar-refractivity contribution is 6.23. The Hall–Kier alpha value is -4.26. The number of rotatable bonds is 5. The van der Waals surface area contributed by atoms with Crippen LogP contribution in [0.15, 0.2) is 72.8 Å². The quantitative estimate of drug-likeness (QED) is 0.604. The Morgan fingerprint density at radius 3 is 1.88 bits per heavy atom. The van der Waals surface area contributed by atoms with Crippen LogP contribution in [-0.4, -0.2) is 34.6 Å². The first-order valence-electron chi connectivity index (χ1n) is 10.1. The first-order chi connectivity index (χ1) is 15.4. The van der Waals surface area contributed by atoms with E-state index in [1.165, 1.54) is 6.92 Å². The molecule has 0 aromatic heterocycles.